The van der Waals surface area contributed by atoms with E-state index in [4.69, 9.17) is 11.6 Å². The second kappa shape index (κ2) is 11.4. The summed E-state index contributed by atoms with van der Waals surface area (Å²) in [7, 11) is 0. The molecule has 3 aliphatic heterocycles. The van der Waals surface area contributed by atoms with Crippen LogP contribution in [0.15, 0.2) is 78.5 Å². The van der Waals surface area contributed by atoms with Crippen LogP contribution < -0.4 is 5.32 Å². The number of rotatable bonds is 8. The Labute approximate surface area is 228 Å². The normalized spacial score (nSPS) is 20.0. The van der Waals surface area contributed by atoms with Gasteiger partial charge in [-0.15, -0.1) is 6.58 Å². The first-order valence-corrected chi connectivity index (χ1v) is 13.3. The second-order valence-corrected chi connectivity index (χ2v) is 10.3. The van der Waals surface area contributed by atoms with Crippen LogP contribution in [-0.2, 0) is 16.0 Å². The minimum Gasteiger partial charge on any atom is -0.339 e. The highest BCUT2D eigenvalue weighted by molar-refractivity contribution is 6.30. The molecule has 0 aromatic heterocycles. The Balaban J connectivity index is 1.23. The molecule has 8 nitrogen and oxygen atoms in total. The lowest BCUT2D eigenvalue weighted by Crippen LogP contribution is -2.51. The minimum atomic E-state index is -0.627. The summed E-state index contributed by atoms with van der Waals surface area (Å²) in [5, 5.41) is 3.46. The van der Waals surface area contributed by atoms with Crippen molar-refractivity contribution in [3.05, 3.63) is 94.7 Å². The van der Waals surface area contributed by atoms with Crippen LogP contribution in [0.2, 0.25) is 5.02 Å². The summed E-state index contributed by atoms with van der Waals surface area (Å²) < 4.78 is 0. The van der Waals surface area contributed by atoms with Crippen LogP contribution in [0.1, 0.15) is 17.2 Å². The van der Waals surface area contributed by atoms with E-state index in [1.54, 1.807) is 29.2 Å². The summed E-state index contributed by atoms with van der Waals surface area (Å²) in [6.45, 7) is 8.05. The molecule has 1 N–H and O–H groups in total. The van der Waals surface area contributed by atoms with Gasteiger partial charge in [0, 0.05) is 44.3 Å². The van der Waals surface area contributed by atoms with Crippen molar-refractivity contribution in [3.63, 3.8) is 0 Å². The molecule has 0 spiro atoms. The fraction of sp³-hybridized carbons (Fsp3) is 0.345. The zero-order valence-corrected chi connectivity index (χ0v) is 22.1. The van der Waals surface area contributed by atoms with Crippen molar-refractivity contribution < 1.29 is 14.4 Å². The van der Waals surface area contributed by atoms with Crippen molar-refractivity contribution in [1.82, 2.24) is 24.9 Å². The molecule has 1 fully saturated rings. The van der Waals surface area contributed by atoms with E-state index in [1.807, 2.05) is 17.0 Å². The van der Waals surface area contributed by atoms with Crippen LogP contribution in [0.5, 0.6) is 0 Å². The van der Waals surface area contributed by atoms with Gasteiger partial charge >= 0.3 is 6.03 Å². The lowest BCUT2D eigenvalue weighted by molar-refractivity contribution is -0.138. The summed E-state index contributed by atoms with van der Waals surface area (Å²) >= 11 is 6.20. The van der Waals surface area contributed by atoms with E-state index in [1.165, 1.54) is 10.5 Å². The number of nitrogens with one attached hydrogen (secondary N) is 1. The molecular weight excluding hydrogens is 502 g/mol. The third-order valence-electron chi connectivity index (χ3n) is 7.40. The van der Waals surface area contributed by atoms with E-state index >= 15 is 0 Å². The molecule has 5 rings (SSSR count). The summed E-state index contributed by atoms with van der Waals surface area (Å²) in [5.74, 6) is -0.316. The predicted octanol–water partition coefficient (Wildman–Crippen LogP) is 3.08. The number of hydrogen-bond donors (Lipinski definition) is 1. The van der Waals surface area contributed by atoms with E-state index in [9.17, 15) is 14.4 Å². The molecule has 38 heavy (non-hydrogen) atoms. The van der Waals surface area contributed by atoms with Gasteiger partial charge in [0.05, 0.1) is 23.9 Å². The lowest BCUT2D eigenvalue weighted by Gasteiger charge is -2.35. The number of halogens is 1. The van der Waals surface area contributed by atoms with Crippen LogP contribution in [-0.4, -0.2) is 89.8 Å². The highest BCUT2D eigenvalue weighted by atomic mass is 35.5. The first kappa shape index (κ1) is 26.0. The minimum absolute atomic E-state index is 0.0196. The number of carbonyl (C=O) groups is 3. The van der Waals surface area contributed by atoms with Crippen molar-refractivity contribution in [2.45, 2.75) is 12.5 Å². The number of amides is 4. The van der Waals surface area contributed by atoms with Gasteiger partial charge in [-0.05, 0) is 29.7 Å². The van der Waals surface area contributed by atoms with Gasteiger partial charge in [0.25, 0.3) is 5.91 Å². The molecule has 0 aliphatic carbocycles. The Morgan fingerprint density at radius 2 is 1.82 bits per heavy atom. The summed E-state index contributed by atoms with van der Waals surface area (Å²) in [6.07, 6.45) is 2.61. The van der Waals surface area contributed by atoms with Gasteiger partial charge < -0.3 is 15.1 Å². The smallest absolute Gasteiger partial charge is 0.322 e. The number of urea groups is 1. The average Bonchev–Trinajstić information content (AvgIpc) is 3.25. The standard InChI is InChI=1S/C29H32ClN5O3/c1-2-12-35-24-19-34(28(37)26(24)27(31-29(35)38)22-9-6-10-23(30)18-22)20-25(36)33-16-14-32(15-17-33)13-11-21-7-4-3-5-8-21/h2-10,18,27H,1,11-17,19-20H2,(H,31,38)/t27-/m1/s1. The van der Waals surface area contributed by atoms with Crippen molar-refractivity contribution in [1.29, 1.82) is 0 Å². The molecule has 3 heterocycles. The maximum atomic E-state index is 13.6. The van der Waals surface area contributed by atoms with Crippen molar-refractivity contribution in [3.8, 4) is 0 Å². The van der Waals surface area contributed by atoms with E-state index in [0.717, 1.165) is 31.6 Å². The Bertz CT molecular complexity index is 1260. The Morgan fingerprint density at radius 1 is 1.05 bits per heavy atom. The highest BCUT2D eigenvalue weighted by Crippen LogP contribution is 2.36. The van der Waals surface area contributed by atoms with Crippen molar-refractivity contribution in [2.24, 2.45) is 0 Å². The molecule has 3 aliphatic rings. The molecule has 0 saturated carbocycles. The fourth-order valence-electron chi connectivity index (χ4n) is 5.35. The molecule has 2 aromatic rings. The summed E-state index contributed by atoms with van der Waals surface area (Å²) in [6, 6.07) is 16.6. The van der Waals surface area contributed by atoms with E-state index in [0.29, 0.717) is 29.4 Å². The Hall–Kier alpha value is -3.62. The molecular formula is C29H32ClN5O3. The summed E-state index contributed by atoms with van der Waals surface area (Å²) in [5.41, 5.74) is 3.13. The fourth-order valence-corrected chi connectivity index (χ4v) is 5.55. The van der Waals surface area contributed by atoms with Crippen LogP contribution in [0.4, 0.5) is 4.79 Å². The maximum absolute atomic E-state index is 13.6. The van der Waals surface area contributed by atoms with Gasteiger partial charge in [-0.25, -0.2) is 4.79 Å². The third kappa shape index (κ3) is 5.47. The number of piperazine rings is 1. The molecule has 4 amide bonds. The van der Waals surface area contributed by atoms with E-state index < -0.39 is 6.04 Å². The van der Waals surface area contributed by atoms with E-state index in [2.05, 4.69) is 41.1 Å². The van der Waals surface area contributed by atoms with Gasteiger partial charge in [0.15, 0.2) is 0 Å². The molecule has 1 atom stereocenters. The van der Waals surface area contributed by atoms with Crippen LogP contribution >= 0.6 is 11.6 Å². The third-order valence-corrected chi connectivity index (χ3v) is 7.64. The predicted molar refractivity (Wildman–Crippen MR) is 146 cm³/mol. The van der Waals surface area contributed by atoms with Crippen molar-refractivity contribution in [2.75, 3.05) is 52.4 Å². The zero-order chi connectivity index (χ0) is 26.6. The van der Waals surface area contributed by atoms with Gasteiger partial charge in [-0.1, -0.05) is 60.1 Å². The molecule has 0 unspecified atom stereocenters. The monoisotopic (exact) mass is 533 g/mol. The number of benzene rings is 2. The van der Waals surface area contributed by atoms with Crippen molar-refractivity contribution >= 4 is 29.4 Å². The molecule has 9 heteroatoms. The summed E-state index contributed by atoms with van der Waals surface area (Å²) in [4.78, 5) is 47.1. The first-order chi connectivity index (χ1) is 18.4. The molecule has 0 bridgehead atoms. The SMILES string of the molecule is C=CCN1C(=O)N[C@H](c2cccc(Cl)c2)C2=C1CN(CC(=O)N1CCN(CCc3ccccc3)CC1)C2=O. The molecule has 1 saturated heterocycles. The van der Waals surface area contributed by atoms with Gasteiger partial charge in [0.1, 0.15) is 6.54 Å². The second-order valence-electron chi connectivity index (χ2n) is 9.82. The largest absolute Gasteiger partial charge is 0.339 e. The number of carbonyl (C=O) groups excluding carboxylic acids is 3. The zero-order valence-electron chi connectivity index (χ0n) is 21.3. The first-order valence-electron chi connectivity index (χ1n) is 13.0. The van der Waals surface area contributed by atoms with Crippen LogP contribution in [0, 0.1) is 0 Å². The van der Waals surface area contributed by atoms with Gasteiger partial charge in [-0.3, -0.25) is 19.4 Å². The highest BCUT2D eigenvalue weighted by Gasteiger charge is 2.44. The maximum Gasteiger partial charge on any atom is 0.322 e. The molecule has 198 valence electrons. The number of nitrogens with zero attached hydrogens (tertiary/aromatic N) is 4. The van der Waals surface area contributed by atoms with Crippen LogP contribution in [0.3, 0.4) is 0 Å². The van der Waals surface area contributed by atoms with Gasteiger partial charge in [-0.2, -0.15) is 0 Å². The Kier molecular flexibility index (Phi) is 7.81. The van der Waals surface area contributed by atoms with Crippen LogP contribution in [0.25, 0.3) is 0 Å². The molecule has 0 radical (unpaired) electrons. The number of hydrogen-bond acceptors (Lipinski definition) is 4. The molecule has 2 aromatic carbocycles. The topological polar surface area (TPSA) is 76.2 Å². The average molecular weight is 534 g/mol. The van der Waals surface area contributed by atoms with Gasteiger partial charge in [0.2, 0.25) is 5.91 Å². The Morgan fingerprint density at radius 3 is 2.53 bits per heavy atom. The van der Waals surface area contributed by atoms with E-state index in [-0.39, 0.29) is 37.5 Å². The lowest BCUT2D eigenvalue weighted by atomic mass is 9.95. The quantitative estimate of drug-likeness (QED) is 0.529.